The molecule has 164 valence electrons. The Hall–Kier alpha value is -3.48. The summed E-state index contributed by atoms with van der Waals surface area (Å²) < 4.78 is 0. The number of carbonyl (C=O) groups excluding carboxylic acids is 4. The highest BCUT2D eigenvalue weighted by Crippen LogP contribution is 2.17. The highest BCUT2D eigenvalue weighted by molar-refractivity contribution is 5.96. The zero-order valence-corrected chi connectivity index (χ0v) is 16.2. The van der Waals surface area contributed by atoms with E-state index in [9.17, 15) is 29.1 Å². The number of rotatable bonds is 10. The summed E-state index contributed by atoms with van der Waals surface area (Å²) in [7, 11) is 0. The Kier molecular flexibility index (Phi) is 7.86. The molecule has 1 aliphatic rings. The molecule has 0 aliphatic carbocycles. The Morgan fingerprint density at radius 1 is 1.27 bits per heavy atom. The van der Waals surface area contributed by atoms with Crippen LogP contribution in [0.5, 0.6) is 0 Å². The number of primary amides is 1. The van der Waals surface area contributed by atoms with Gasteiger partial charge in [-0.05, 0) is 12.8 Å². The number of imidazole rings is 1. The first-order valence-corrected chi connectivity index (χ1v) is 9.31. The minimum Gasteiger partial charge on any atom is -0.480 e. The van der Waals surface area contributed by atoms with Crippen molar-refractivity contribution in [3.63, 3.8) is 0 Å². The van der Waals surface area contributed by atoms with Crippen LogP contribution >= 0.6 is 0 Å². The average Bonchev–Trinajstić information content (AvgIpc) is 3.37. The number of nitrogens with zero attached hydrogens (tertiary/aromatic N) is 2. The second kappa shape index (κ2) is 10.3. The summed E-state index contributed by atoms with van der Waals surface area (Å²) in [5.74, 6) is -4.11. The van der Waals surface area contributed by atoms with Crippen molar-refractivity contribution < 1.29 is 29.1 Å². The third kappa shape index (κ3) is 6.01. The Labute approximate surface area is 171 Å². The minimum absolute atomic E-state index is 0.0836. The van der Waals surface area contributed by atoms with Crippen LogP contribution in [0.3, 0.4) is 0 Å². The Morgan fingerprint density at radius 2 is 2.00 bits per heavy atom. The molecular weight excluding hydrogens is 398 g/mol. The van der Waals surface area contributed by atoms with Gasteiger partial charge in [-0.1, -0.05) is 0 Å². The van der Waals surface area contributed by atoms with E-state index in [1.54, 1.807) is 0 Å². The SMILES string of the molecule is NCC(=O)N1CCCC1C(=O)NC(CC(N)=O)C(=O)NC(Cc1cnc[nH]1)C(=O)O. The van der Waals surface area contributed by atoms with Crippen molar-refractivity contribution in [2.75, 3.05) is 13.1 Å². The quantitative estimate of drug-likeness (QED) is 0.225. The van der Waals surface area contributed by atoms with E-state index in [-0.39, 0.29) is 13.0 Å². The van der Waals surface area contributed by atoms with E-state index in [1.165, 1.54) is 17.4 Å². The monoisotopic (exact) mass is 423 g/mol. The maximum Gasteiger partial charge on any atom is 0.326 e. The fourth-order valence-electron chi connectivity index (χ4n) is 3.22. The number of nitrogens with one attached hydrogen (secondary N) is 3. The van der Waals surface area contributed by atoms with E-state index in [0.29, 0.717) is 25.1 Å². The molecule has 1 fully saturated rings. The number of nitrogens with two attached hydrogens (primary N) is 2. The molecule has 0 bridgehead atoms. The Morgan fingerprint density at radius 3 is 2.57 bits per heavy atom. The van der Waals surface area contributed by atoms with Crippen molar-refractivity contribution >= 4 is 29.6 Å². The van der Waals surface area contributed by atoms with E-state index in [0.717, 1.165) is 0 Å². The van der Waals surface area contributed by atoms with Gasteiger partial charge in [-0.2, -0.15) is 0 Å². The van der Waals surface area contributed by atoms with Crippen LogP contribution in [0, 0.1) is 0 Å². The molecule has 13 heteroatoms. The molecule has 2 heterocycles. The zero-order valence-electron chi connectivity index (χ0n) is 16.2. The first-order valence-electron chi connectivity index (χ1n) is 9.31. The lowest BCUT2D eigenvalue weighted by Crippen LogP contribution is -2.56. The standard InChI is InChI=1S/C17H25N7O6/c18-6-14(26)24-3-1-2-12(24)16(28)22-10(5-13(19)25)15(27)23-11(17(29)30)4-9-7-20-8-21-9/h7-8,10-12H,1-6,18H2,(H2,19,25)(H,20,21)(H,22,28)(H,23,27)(H,29,30). The number of H-pyrrole nitrogens is 1. The topological polar surface area (TPSA) is 214 Å². The molecule has 1 aromatic heterocycles. The maximum absolute atomic E-state index is 12.6. The molecule has 2 rings (SSSR count). The third-order valence-electron chi connectivity index (χ3n) is 4.68. The second-order valence-electron chi connectivity index (χ2n) is 6.86. The van der Waals surface area contributed by atoms with Crippen molar-refractivity contribution in [1.29, 1.82) is 0 Å². The number of aromatic nitrogens is 2. The van der Waals surface area contributed by atoms with E-state index in [4.69, 9.17) is 11.5 Å². The molecular formula is C17H25N7O6. The van der Waals surface area contributed by atoms with E-state index >= 15 is 0 Å². The van der Waals surface area contributed by atoms with Gasteiger partial charge < -0.3 is 37.1 Å². The number of aromatic amines is 1. The number of carbonyl (C=O) groups is 5. The molecule has 3 atom stereocenters. The van der Waals surface area contributed by atoms with Crippen molar-refractivity contribution in [3.05, 3.63) is 18.2 Å². The van der Waals surface area contributed by atoms with E-state index in [2.05, 4.69) is 20.6 Å². The Bertz CT molecular complexity index is 797. The van der Waals surface area contributed by atoms with Crippen molar-refractivity contribution in [1.82, 2.24) is 25.5 Å². The van der Waals surface area contributed by atoms with Gasteiger partial charge in [0.05, 0.1) is 19.3 Å². The zero-order chi connectivity index (χ0) is 22.3. The van der Waals surface area contributed by atoms with Crippen molar-refractivity contribution in [2.45, 2.75) is 43.8 Å². The predicted molar refractivity (Wildman–Crippen MR) is 101 cm³/mol. The van der Waals surface area contributed by atoms with Crippen LogP contribution in [0.25, 0.3) is 0 Å². The fourth-order valence-corrected chi connectivity index (χ4v) is 3.22. The highest BCUT2D eigenvalue weighted by atomic mass is 16.4. The number of aliphatic carboxylic acids is 1. The lowest BCUT2D eigenvalue weighted by Gasteiger charge is -2.26. The smallest absolute Gasteiger partial charge is 0.326 e. The number of likely N-dealkylation sites (tertiary alicyclic amines) is 1. The number of hydrogen-bond acceptors (Lipinski definition) is 7. The lowest BCUT2D eigenvalue weighted by atomic mass is 10.1. The molecule has 0 spiro atoms. The fraction of sp³-hybridized carbons (Fsp3) is 0.529. The third-order valence-corrected chi connectivity index (χ3v) is 4.68. The minimum atomic E-state index is -1.39. The van der Waals surface area contributed by atoms with Gasteiger partial charge in [-0.15, -0.1) is 0 Å². The summed E-state index contributed by atoms with van der Waals surface area (Å²) in [6, 6.07) is -3.55. The summed E-state index contributed by atoms with van der Waals surface area (Å²) in [6.45, 7) is 0.0922. The molecule has 1 aliphatic heterocycles. The van der Waals surface area contributed by atoms with Gasteiger partial charge in [0.1, 0.15) is 18.1 Å². The van der Waals surface area contributed by atoms with Crippen LogP contribution in [0.1, 0.15) is 25.0 Å². The molecule has 0 aromatic carbocycles. The van der Waals surface area contributed by atoms with Gasteiger partial charge in [0.2, 0.25) is 23.6 Å². The lowest BCUT2D eigenvalue weighted by molar-refractivity contribution is -0.143. The number of hydrogen-bond donors (Lipinski definition) is 6. The van der Waals surface area contributed by atoms with Crippen LogP contribution in [0.4, 0.5) is 0 Å². The molecule has 30 heavy (non-hydrogen) atoms. The first-order chi connectivity index (χ1) is 14.2. The number of carboxylic acid groups (broad SMARTS) is 1. The largest absolute Gasteiger partial charge is 0.480 e. The molecule has 13 nitrogen and oxygen atoms in total. The molecule has 0 radical (unpaired) electrons. The molecule has 0 saturated carbocycles. The first kappa shape index (κ1) is 22.8. The summed E-state index contributed by atoms with van der Waals surface area (Å²) in [5, 5.41) is 14.1. The van der Waals surface area contributed by atoms with Crippen molar-refractivity contribution in [3.8, 4) is 0 Å². The second-order valence-corrected chi connectivity index (χ2v) is 6.86. The maximum atomic E-state index is 12.6. The van der Waals surface area contributed by atoms with Gasteiger partial charge in [0, 0.05) is 24.9 Å². The van der Waals surface area contributed by atoms with E-state index < -0.39 is 54.1 Å². The van der Waals surface area contributed by atoms with Gasteiger partial charge in [0.15, 0.2) is 0 Å². The molecule has 4 amide bonds. The Balaban J connectivity index is 2.08. The molecule has 3 unspecified atom stereocenters. The van der Waals surface area contributed by atoms with Crippen LogP contribution in [0.2, 0.25) is 0 Å². The normalized spacial score (nSPS) is 17.8. The number of carboxylic acids is 1. The average molecular weight is 423 g/mol. The summed E-state index contributed by atoms with van der Waals surface area (Å²) in [5.41, 5.74) is 11.0. The van der Waals surface area contributed by atoms with Gasteiger partial charge in [-0.3, -0.25) is 19.2 Å². The van der Waals surface area contributed by atoms with Crippen molar-refractivity contribution in [2.24, 2.45) is 11.5 Å². The van der Waals surface area contributed by atoms with Crippen LogP contribution < -0.4 is 22.1 Å². The van der Waals surface area contributed by atoms with Crippen LogP contribution in [-0.2, 0) is 30.4 Å². The van der Waals surface area contributed by atoms with Gasteiger partial charge in [0.25, 0.3) is 0 Å². The van der Waals surface area contributed by atoms with Gasteiger partial charge in [-0.25, -0.2) is 9.78 Å². The molecule has 8 N–H and O–H groups in total. The van der Waals surface area contributed by atoms with E-state index in [1.807, 2.05) is 0 Å². The van der Waals surface area contributed by atoms with Crippen LogP contribution in [-0.4, -0.2) is 80.8 Å². The summed E-state index contributed by atoms with van der Waals surface area (Å²) in [6.07, 6.45) is 3.11. The molecule has 1 aromatic rings. The summed E-state index contributed by atoms with van der Waals surface area (Å²) >= 11 is 0. The molecule has 1 saturated heterocycles. The summed E-state index contributed by atoms with van der Waals surface area (Å²) in [4.78, 5) is 67.9. The highest BCUT2D eigenvalue weighted by Gasteiger charge is 2.36. The number of amides is 4. The predicted octanol–water partition coefficient (Wildman–Crippen LogP) is -3.17. The van der Waals surface area contributed by atoms with Gasteiger partial charge >= 0.3 is 5.97 Å². The van der Waals surface area contributed by atoms with Crippen LogP contribution in [0.15, 0.2) is 12.5 Å².